The lowest BCUT2D eigenvalue weighted by molar-refractivity contribution is -0.191. The standard InChI is InChI=1S/C29H37F2NO8/c1-15(39-25(36)40-21-11-17-9-10-27(21,4)26(17,2)3)38-24(35)29(32)20-13-28(31,23(33)34)19(20)12-22(29)37-14-16-5-7-18(30)8-6-16/h5-8,15,17,19-22H,9-14,32H2,1-4H3,(H,33,34)/t15?,17-,19+,20+,21+,22+,27+,28-,29+/m0/s1. The molecular weight excluding hydrogens is 528 g/mol. The fourth-order valence-electron chi connectivity index (χ4n) is 7.67. The van der Waals surface area contributed by atoms with Crippen LogP contribution < -0.4 is 5.73 Å². The summed E-state index contributed by atoms with van der Waals surface area (Å²) in [7, 11) is 0. The van der Waals surface area contributed by atoms with E-state index in [-0.39, 0.29) is 30.0 Å². The first kappa shape index (κ1) is 28.7. The number of esters is 1. The highest BCUT2D eigenvalue weighted by Gasteiger charge is 2.74. The summed E-state index contributed by atoms with van der Waals surface area (Å²) in [5.41, 5.74) is 2.54. The molecule has 5 rings (SSSR count). The molecule has 4 aliphatic carbocycles. The number of carboxylic acids is 1. The Morgan fingerprint density at radius 2 is 1.75 bits per heavy atom. The van der Waals surface area contributed by atoms with Crippen LogP contribution in [-0.2, 0) is 35.1 Å². The fourth-order valence-corrected chi connectivity index (χ4v) is 7.67. The van der Waals surface area contributed by atoms with E-state index < -0.39 is 65.8 Å². The Hall–Kier alpha value is -2.79. The van der Waals surface area contributed by atoms with Gasteiger partial charge >= 0.3 is 18.1 Å². The van der Waals surface area contributed by atoms with Crippen molar-refractivity contribution in [2.45, 2.75) is 96.1 Å². The fraction of sp³-hybridized carbons (Fsp3) is 0.690. The predicted octanol–water partition coefficient (Wildman–Crippen LogP) is 4.50. The number of rotatable bonds is 8. The summed E-state index contributed by atoms with van der Waals surface area (Å²) in [6.45, 7) is 7.75. The zero-order valence-electron chi connectivity index (χ0n) is 23.2. The normalized spacial score (nSPS) is 39.6. The lowest BCUT2D eigenvalue weighted by Crippen LogP contribution is -2.67. The van der Waals surface area contributed by atoms with Crippen LogP contribution in [0.3, 0.4) is 0 Å². The molecule has 1 aromatic carbocycles. The topological polar surface area (TPSA) is 134 Å². The first-order valence-corrected chi connectivity index (χ1v) is 13.8. The molecule has 2 bridgehead atoms. The molecule has 0 heterocycles. The Morgan fingerprint density at radius 3 is 2.33 bits per heavy atom. The van der Waals surface area contributed by atoms with E-state index in [0.717, 1.165) is 19.3 Å². The maximum absolute atomic E-state index is 15.2. The van der Waals surface area contributed by atoms with Gasteiger partial charge in [-0.3, -0.25) is 0 Å². The number of aliphatic carboxylic acids is 1. The number of hydrogen-bond donors (Lipinski definition) is 2. The summed E-state index contributed by atoms with van der Waals surface area (Å²) >= 11 is 0. The van der Waals surface area contributed by atoms with Gasteiger partial charge in [0.15, 0.2) is 0 Å². The second kappa shape index (κ2) is 9.65. The third-order valence-electron chi connectivity index (χ3n) is 10.8. The second-order valence-electron chi connectivity index (χ2n) is 12.7. The molecule has 40 heavy (non-hydrogen) atoms. The van der Waals surface area contributed by atoms with E-state index >= 15 is 4.39 Å². The molecule has 0 aromatic heterocycles. The Balaban J connectivity index is 1.24. The zero-order valence-corrected chi connectivity index (χ0v) is 23.2. The van der Waals surface area contributed by atoms with Crippen molar-refractivity contribution >= 4 is 18.1 Å². The monoisotopic (exact) mass is 565 g/mol. The molecule has 4 saturated carbocycles. The number of carboxylic acid groups (broad SMARTS) is 1. The zero-order chi connectivity index (χ0) is 29.3. The van der Waals surface area contributed by atoms with E-state index in [2.05, 4.69) is 20.8 Å². The summed E-state index contributed by atoms with van der Waals surface area (Å²) < 4.78 is 50.6. The molecule has 0 spiro atoms. The summed E-state index contributed by atoms with van der Waals surface area (Å²) in [5.74, 6) is -4.54. The molecular formula is C29H37F2NO8. The third-order valence-corrected chi connectivity index (χ3v) is 10.8. The van der Waals surface area contributed by atoms with Crippen LogP contribution in [0, 0.1) is 34.4 Å². The number of alkyl halides is 1. The van der Waals surface area contributed by atoms with Crippen molar-refractivity contribution in [3.8, 4) is 0 Å². The molecule has 220 valence electrons. The van der Waals surface area contributed by atoms with Gasteiger partial charge in [-0.15, -0.1) is 0 Å². The Kier molecular flexibility index (Phi) is 6.93. The highest BCUT2D eigenvalue weighted by Crippen LogP contribution is 2.66. The van der Waals surface area contributed by atoms with Crippen molar-refractivity contribution in [3.63, 3.8) is 0 Å². The van der Waals surface area contributed by atoms with E-state index in [9.17, 15) is 23.9 Å². The predicted molar refractivity (Wildman–Crippen MR) is 136 cm³/mol. The van der Waals surface area contributed by atoms with Crippen molar-refractivity contribution in [1.29, 1.82) is 0 Å². The molecule has 9 nitrogen and oxygen atoms in total. The number of carbonyl (C=O) groups excluding carboxylic acids is 2. The molecule has 11 heteroatoms. The van der Waals surface area contributed by atoms with Crippen LogP contribution in [0.4, 0.5) is 13.6 Å². The van der Waals surface area contributed by atoms with Gasteiger partial charge in [-0.25, -0.2) is 23.2 Å². The molecule has 4 fully saturated rings. The van der Waals surface area contributed by atoms with Gasteiger partial charge in [0.25, 0.3) is 0 Å². The molecule has 9 atom stereocenters. The Bertz CT molecular complexity index is 1190. The van der Waals surface area contributed by atoms with Crippen molar-refractivity contribution in [1.82, 2.24) is 0 Å². The lowest BCUT2D eigenvalue weighted by Gasteiger charge is -2.47. The van der Waals surface area contributed by atoms with Crippen LogP contribution in [0.25, 0.3) is 0 Å². The number of carbonyl (C=O) groups is 3. The summed E-state index contributed by atoms with van der Waals surface area (Å²) in [5, 5.41) is 9.44. The first-order valence-electron chi connectivity index (χ1n) is 13.8. The van der Waals surface area contributed by atoms with Crippen LogP contribution in [0.1, 0.15) is 65.4 Å². The minimum atomic E-state index is -2.54. The molecule has 3 N–H and O–H groups in total. The van der Waals surface area contributed by atoms with Gasteiger partial charge in [0.1, 0.15) is 17.5 Å². The van der Waals surface area contributed by atoms with Gasteiger partial charge in [-0.05, 0) is 61.1 Å². The number of halogens is 2. The maximum Gasteiger partial charge on any atom is 0.511 e. The summed E-state index contributed by atoms with van der Waals surface area (Å²) in [4.78, 5) is 37.6. The molecule has 0 aliphatic heterocycles. The van der Waals surface area contributed by atoms with Crippen molar-refractivity contribution < 1.29 is 47.2 Å². The summed E-state index contributed by atoms with van der Waals surface area (Å²) in [6, 6.07) is 5.47. The Morgan fingerprint density at radius 1 is 1.07 bits per heavy atom. The van der Waals surface area contributed by atoms with Crippen LogP contribution >= 0.6 is 0 Å². The van der Waals surface area contributed by atoms with E-state index in [1.807, 2.05) is 0 Å². The highest BCUT2D eigenvalue weighted by molar-refractivity contribution is 5.86. The first-order chi connectivity index (χ1) is 18.6. The van der Waals surface area contributed by atoms with E-state index in [1.54, 1.807) is 0 Å². The van der Waals surface area contributed by atoms with Crippen LogP contribution in [0.15, 0.2) is 24.3 Å². The lowest BCUT2D eigenvalue weighted by atomic mass is 9.60. The molecule has 0 saturated heterocycles. The molecule has 1 aromatic rings. The van der Waals surface area contributed by atoms with E-state index in [0.29, 0.717) is 11.5 Å². The number of fused-ring (bicyclic) bond motifs is 3. The number of nitrogens with two attached hydrogens (primary N) is 1. The number of ether oxygens (including phenoxy) is 4. The van der Waals surface area contributed by atoms with Crippen molar-refractivity contribution in [3.05, 3.63) is 35.6 Å². The minimum Gasteiger partial charge on any atom is -0.479 e. The van der Waals surface area contributed by atoms with Gasteiger partial charge in [0, 0.05) is 24.2 Å². The van der Waals surface area contributed by atoms with Gasteiger partial charge < -0.3 is 29.8 Å². The van der Waals surface area contributed by atoms with Gasteiger partial charge in [0.05, 0.1) is 12.7 Å². The van der Waals surface area contributed by atoms with E-state index in [1.165, 1.54) is 31.2 Å². The Labute approximate surface area is 231 Å². The van der Waals surface area contributed by atoms with Crippen LogP contribution in [-0.4, -0.2) is 52.9 Å². The quantitative estimate of drug-likeness (QED) is 0.345. The van der Waals surface area contributed by atoms with Crippen molar-refractivity contribution in [2.24, 2.45) is 34.3 Å². The average molecular weight is 566 g/mol. The van der Waals surface area contributed by atoms with Crippen molar-refractivity contribution in [2.75, 3.05) is 0 Å². The van der Waals surface area contributed by atoms with Gasteiger partial charge in [0.2, 0.25) is 12.0 Å². The highest BCUT2D eigenvalue weighted by atomic mass is 19.1. The molecule has 1 unspecified atom stereocenters. The molecule has 0 radical (unpaired) electrons. The number of hydrogen-bond acceptors (Lipinski definition) is 8. The molecule has 0 amide bonds. The minimum absolute atomic E-state index is 0.0221. The number of benzene rings is 1. The van der Waals surface area contributed by atoms with Crippen LogP contribution in [0.5, 0.6) is 0 Å². The average Bonchev–Trinajstić information content (AvgIpc) is 3.33. The van der Waals surface area contributed by atoms with Crippen LogP contribution in [0.2, 0.25) is 0 Å². The molecule has 4 aliphatic rings. The largest absolute Gasteiger partial charge is 0.511 e. The smallest absolute Gasteiger partial charge is 0.479 e. The van der Waals surface area contributed by atoms with Gasteiger partial charge in [-0.2, -0.15) is 0 Å². The third kappa shape index (κ3) is 4.27. The van der Waals surface area contributed by atoms with Gasteiger partial charge in [-0.1, -0.05) is 32.9 Å². The second-order valence-corrected chi connectivity index (χ2v) is 12.7. The SMILES string of the molecule is CC(OC(=O)O[C@@H]1C[C@@H]2CC[C@@]1(C)C2(C)C)OC(=O)[C@@]1(N)[C@@H]2C[C@@](F)(C(=O)O)[C@@H]2C[C@H]1OCc1ccc(F)cc1. The maximum atomic E-state index is 15.2. The van der Waals surface area contributed by atoms with E-state index in [4.69, 9.17) is 24.7 Å². The summed E-state index contributed by atoms with van der Waals surface area (Å²) in [6.07, 6.45) is -1.59.